The molecule has 1 aromatic carbocycles. The predicted molar refractivity (Wildman–Crippen MR) is 64.2 cm³/mol. The number of nitrogens with zero attached hydrogens (tertiary/aromatic N) is 1. The van der Waals surface area contributed by atoms with Crippen LogP contribution in [0.2, 0.25) is 0 Å². The number of likely N-dealkylation sites (N-methyl/N-ethyl adjacent to an activating group) is 1. The van der Waals surface area contributed by atoms with E-state index in [9.17, 15) is 18.0 Å². The molecule has 0 spiro atoms. The molecule has 0 fully saturated rings. The molecule has 0 radical (unpaired) electrons. The fourth-order valence-electron chi connectivity index (χ4n) is 1.24. The Morgan fingerprint density at radius 2 is 1.89 bits per heavy atom. The highest BCUT2D eigenvalue weighted by atomic mass is 35.5. The van der Waals surface area contributed by atoms with Crippen LogP contribution in [0.4, 0.5) is 13.2 Å². The highest BCUT2D eigenvalue weighted by Crippen LogP contribution is 2.17. The molecule has 0 saturated heterocycles. The maximum atomic E-state index is 13.3. The molecule has 102 valence electrons. The standard InChI is InChI=1S/C11H13F3N2O.ClH/c1-6(5-15)16(2)11(17)7-3-4-8(12)10(14)9(7)13;/h3-4,6H,5,15H2,1-2H3;1H. The Bertz CT molecular complexity index is 443. The van der Waals surface area contributed by atoms with Gasteiger partial charge in [0, 0.05) is 19.6 Å². The van der Waals surface area contributed by atoms with Crippen molar-refractivity contribution < 1.29 is 18.0 Å². The molecule has 1 unspecified atom stereocenters. The monoisotopic (exact) mass is 282 g/mol. The number of rotatable bonds is 3. The van der Waals surface area contributed by atoms with Crippen LogP contribution in [-0.4, -0.2) is 30.4 Å². The molecule has 18 heavy (non-hydrogen) atoms. The van der Waals surface area contributed by atoms with Gasteiger partial charge in [-0.05, 0) is 19.1 Å². The van der Waals surface area contributed by atoms with Gasteiger partial charge in [-0.1, -0.05) is 0 Å². The van der Waals surface area contributed by atoms with Gasteiger partial charge in [-0.25, -0.2) is 13.2 Å². The minimum Gasteiger partial charge on any atom is -0.338 e. The quantitative estimate of drug-likeness (QED) is 0.861. The summed E-state index contributed by atoms with van der Waals surface area (Å²) in [5.41, 5.74) is 4.85. The molecule has 1 aromatic rings. The van der Waals surface area contributed by atoms with Crippen LogP contribution < -0.4 is 5.73 Å². The van der Waals surface area contributed by atoms with E-state index in [0.717, 1.165) is 6.07 Å². The third-order valence-electron chi connectivity index (χ3n) is 2.59. The van der Waals surface area contributed by atoms with Crippen molar-refractivity contribution >= 4 is 18.3 Å². The van der Waals surface area contributed by atoms with Gasteiger partial charge in [0.2, 0.25) is 0 Å². The van der Waals surface area contributed by atoms with Crippen LogP contribution in [0.1, 0.15) is 17.3 Å². The van der Waals surface area contributed by atoms with E-state index in [1.54, 1.807) is 6.92 Å². The van der Waals surface area contributed by atoms with Gasteiger partial charge in [0.25, 0.3) is 5.91 Å². The number of carbonyl (C=O) groups is 1. The van der Waals surface area contributed by atoms with Crippen molar-refractivity contribution in [3.63, 3.8) is 0 Å². The zero-order valence-electron chi connectivity index (χ0n) is 9.91. The number of amides is 1. The van der Waals surface area contributed by atoms with E-state index in [2.05, 4.69) is 0 Å². The van der Waals surface area contributed by atoms with Crippen molar-refractivity contribution in [2.24, 2.45) is 5.73 Å². The van der Waals surface area contributed by atoms with Gasteiger partial charge in [0.05, 0.1) is 5.56 Å². The fraction of sp³-hybridized carbons (Fsp3) is 0.364. The van der Waals surface area contributed by atoms with E-state index < -0.39 is 28.9 Å². The van der Waals surface area contributed by atoms with Crippen molar-refractivity contribution in [1.82, 2.24) is 4.90 Å². The van der Waals surface area contributed by atoms with Crippen LogP contribution in [0.3, 0.4) is 0 Å². The molecule has 0 saturated carbocycles. The Balaban J connectivity index is 0.00000289. The van der Waals surface area contributed by atoms with E-state index in [1.165, 1.54) is 11.9 Å². The molecule has 0 aliphatic rings. The van der Waals surface area contributed by atoms with Gasteiger partial charge >= 0.3 is 0 Å². The van der Waals surface area contributed by atoms with Crippen LogP contribution in [0.25, 0.3) is 0 Å². The van der Waals surface area contributed by atoms with Gasteiger partial charge in [-0.2, -0.15) is 0 Å². The Labute approximate surface area is 109 Å². The smallest absolute Gasteiger partial charge is 0.256 e. The van der Waals surface area contributed by atoms with Gasteiger partial charge in [-0.15, -0.1) is 12.4 Å². The van der Waals surface area contributed by atoms with Crippen molar-refractivity contribution in [3.8, 4) is 0 Å². The number of nitrogens with two attached hydrogens (primary N) is 1. The number of hydrogen-bond acceptors (Lipinski definition) is 2. The average molecular weight is 283 g/mol. The molecule has 3 nitrogen and oxygen atoms in total. The van der Waals surface area contributed by atoms with Crippen LogP contribution in [0.15, 0.2) is 12.1 Å². The largest absolute Gasteiger partial charge is 0.338 e. The first-order valence-corrected chi connectivity index (χ1v) is 5.00. The summed E-state index contributed by atoms with van der Waals surface area (Å²) >= 11 is 0. The first-order chi connectivity index (χ1) is 7.90. The SMILES string of the molecule is CC(CN)N(C)C(=O)c1ccc(F)c(F)c1F.Cl. The van der Waals surface area contributed by atoms with Crippen molar-refractivity contribution in [3.05, 3.63) is 35.1 Å². The maximum absolute atomic E-state index is 13.3. The van der Waals surface area contributed by atoms with Crippen LogP contribution in [-0.2, 0) is 0 Å². The van der Waals surface area contributed by atoms with E-state index in [1.807, 2.05) is 0 Å². The number of carbonyl (C=O) groups excluding carboxylic acids is 1. The van der Waals surface area contributed by atoms with Gasteiger partial charge in [0.15, 0.2) is 17.5 Å². The molecule has 0 bridgehead atoms. The molecule has 0 heterocycles. The zero-order chi connectivity index (χ0) is 13.2. The minimum absolute atomic E-state index is 0. The van der Waals surface area contributed by atoms with E-state index >= 15 is 0 Å². The van der Waals surface area contributed by atoms with E-state index in [0.29, 0.717) is 6.07 Å². The lowest BCUT2D eigenvalue weighted by molar-refractivity contribution is 0.0742. The second kappa shape index (κ2) is 6.61. The van der Waals surface area contributed by atoms with Crippen molar-refractivity contribution in [1.29, 1.82) is 0 Å². The Morgan fingerprint density at radius 1 is 1.33 bits per heavy atom. The molecule has 1 rings (SSSR count). The molecular formula is C11H14ClF3N2O. The summed E-state index contributed by atoms with van der Waals surface area (Å²) in [6.45, 7) is 1.85. The lowest BCUT2D eigenvalue weighted by Gasteiger charge is -2.23. The van der Waals surface area contributed by atoms with Crippen LogP contribution in [0, 0.1) is 17.5 Å². The first-order valence-electron chi connectivity index (χ1n) is 5.00. The second-order valence-corrected chi connectivity index (χ2v) is 3.72. The average Bonchev–Trinajstić information content (AvgIpc) is 2.33. The molecule has 2 N–H and O–H groups in total. The summed E-state index contributed by atoms with van der Waals surface area (Å²) in [6, 6.07) is 1.30. The summed E-state index contributed by atoms with van der Waals surface area (Å²) in [7, 11) is 1.42. The number of benzene rings is 1. The zero-order valence-corrected chi connectivity index (χ0v) is 10.7. The Kier molecular flexibility index (Phi) is 6.14. The van der Waals surface area contributed by atoms with Crippen molar-refractivity contribution in [2.45, 2.75) is 13.0 Å². The Morgan fingerprint density at radius 3 is 2.39 bits per heavy atom. The maximum Gasteiger partial charge on any atom is 0.256 e. The topological polar surface area (TPSA) is 46.3 Å². The first kappa shape index (κ1) is 16.7. The predicted octanol–water partition coefficient (Wildman–Crippen LogP) is 1.94. The minimum atomic E-state index is -1.65. The molecule has 0 aliphatic carbocycles. The van der Waals surface area contributed by atoms with E-state index in [-0.39, 0.29) is 25.0 Å². The van der Waals surface area contributed by atoms with Crippen LogP contribution >= 0.6 is 12.4 Å². The molecular weight excluding hydrogens is 269 g/mol. The van der Waals surface area contributed by atoms with Gasteiger partial charge in [-0.3, -0.25) is 4.79 Å². The molecule has 0 aromatic heterocycles. The summed E-state index contributed by atoms with van der Waals surface area (Å²) in [5.74, 6) is -5.19. The number of halogens is 4. The Hall–Kier alpha value is -1.27. The second-order valence-electron chi connectivity index (χ2n) is 3.72. The lowest BCUT2D eigenvalue weighted by Crippen LogP contribution is -2.40. The fourth-order valence-corrected chi connectivity index (χ4v) is 1.24. The summed E-state index contributed by atoms with van der Waals surface area (Å²) in [5, 5.41) is 0. The van der Waals surface area contributed by atoms with E-state index in [4.69, 9.17) is 5.73 Å². The molecule has 1 amide bonds. The number of hydrogen-bond donors (Lipinski definition) is 1. The summed E-state index contributed by atoms with van der Waals surface area (Å²) < 4.78 is 39.0. The van der Waals surface area contributed by atoms with Gasteiger partial charge < -0.3 is 10.6 Å². The van der Waals surface area contributed by atoms with Gasteiger partial charge in [0.1, 0.15) is 0 Å². The normalized spacial score (nSPS) is 11.7. The molecule has 7 heteroatoms. The summed E-state index contributed by atoms with van der Waals surface area (Å²) in [6.07, 6.45) is 0. The molecule has 0 aliphatic heterocycles. The van der Waals surface area contributed by atoms with Crippen LogP contribution in [0.5, 0.6) is 0 Å². The third kappa shape index (κ3) is 3.14. The highest BCUT2D eigenvalue weighted by molar-refractivity contribution is 5.94. The lowest BCUT2D eigenvalue weighted by atomic mass is 10.1. The van der Waals surface area contributed by atoms with Crippen molar-refractivity contribution in [2.75, 3.05) is 13.6 Å². The molecule has 1 atom stereocenters. The highest BCUT2D eigenvalue weighted by Gasteiger charge is 2.23. The summed E-state index contributed by atoms with van der Waals surface area (Å²) in [4.78, 5) is 12.9. The third-order valence-corrected chi connectivity index (χ3v) is 2.59.